The van der Waals surface area contributed by atoms with E-state index in [4.69, 9.17) is 4.74 Å². The maximum Gasteiger partial charge on any atom is 0.235 e. The van der Waals surface area contributed by atoms with E-state index in [9.17, 15) is 0 Å². The van der Waals surface area contributed by atoms with E-state index in [0.717, 1.165) is 48.8 Å². The minimum atomic E-state index is 0.674. The fourth-order valence-corrected chi connectivity index (χ4v) is 2.70. The van der Waals surface area contributed by atoms with Crippen molar-refractivity contribution in [2.45, 2.75) is 26.2 Å². The van der Waals surface area contributed by atoms with Gasteiger partial charge < -0.3 is 10.1 Å². The van der Waals surface area contributed by atoms with Crippen LogP contribution in [0, 0.1) is 12.8 Å². The molecule has 20 heavy (non-hydrogen) atoms. The van der Waals surface area contributed by atoms with Crippen LogP contribution in [-0.2, 0) is 0 Å². The average molecular weight is 271 g/mol. The molecule has 1 saturated heterocycles. The number of aromatic nitrogens is 2. The Morgan fingerprint density at radius 2 is 2.05 bits per heavy atom. The van der Waals surface area contributed by atoms with E-state index in [1.54, 1.807) is 0 Å². The molecule has 0 radical (unpaired) electrons. The van der Waals surface area contributed by atoms with E-state index in [-0.39, 0.29) is 0 Å². The first-order chi connectivity index (χ1) is 9.83. The molecule has 1 aromatic heterocycles. The van der Waals surface area contributed by atoms with Crippen LogP contribution in [0.3, 0.4) is 0 Å². The number of piperidine rings is 1. The van der Waals surface area contributed by atoms with E-state index < -0.39 is 0 Å². The van der Waals surface area contributed by atoms with Gasteiger partial charge in [-0.2, -0.15) is 0 Å². The zero-order valence-electron chi connectivity index (χ0n) is 11.9. The number of aryl methyl sites for hydroxylation is 1. The van der Waals surface area contributed by atoms with Gasteiger partial charge in [0, 0.05) is 0 Å². The molecule has 1 unspecified atom stereocenters. The second kappa shape index (κ2) is 6.18. The lowest BCUT2D eigenvalue weighted by atomic mass is 9.97. The fourth-order valence-electron chi connectivity index (χ4n) is 2.70. The first-order valence-corrected chi connectivity index (χ1v) is 7.40. The van der Waals surface area contributed by atoms with Gasteiger partial charge in [-0.1, -0.05) is 12.1 Å². The van der Waals surface area contributed by atoms with Gasteiger partial charge in [0.2, 0.25) is 5.88 Å². The van der Waals surface area contributed by atoms with Crippen LogP contribution in [0.25, 0.3) is 11.0 Å². The molecule has 4 heteroatoms. The van der Waals surface area contributed by atoms with Crippen molar-refractivity contribution in [3.63, 3.8) is 0 Å². The predicted molar refractivity (Wildman–Crippen MR) is 80.0 cm³/mol. The number of para-hydroxylation sites is 2. The topological polar surface area (TPSA) is 47.0 Å². The summed E-state index contributed by atoms with van der Waals surface area (Å²) in [7, 11) is 0. The number of hydrogen-bond donors (Lipinski definition) is 1. The molecule has 3 rings (SSSR count). The molecule has 1 aliphatic rings. The van der Waals surface area contributed by atoms with E-state index in [1.807, 2.05) is 31.2 Å². The van der Waals surface area contributed by atoms with Crippen molar-refractivity contribution in [3.8, 4) is 5.88 Å². The second-order valence-corrected chi connectivity index (χ2v) is 5.45. The fraction of sp³-hybridized carbons (Fsp3) is 0.500. The van der Waals surface area contributed by atoms with Crippen LogP contribution in [0.1, 0.15) is 25.0 Å². The van der Waals surface area contributed by atoms with Gasteiger partial charge in [-0.25, -0.2) is 9.97 Å². The SMILES string of the molecule is Cc1nc2ccccc2nc1OCCC1CCCNC1. The number of nitrogens with zero attached hydrogens (tertiary/aromatic N) is 2. The van der Waals surface area contributed by atoms with Crippen molar-refractivity contribution in [1.82, 2.24) is 15.3 Å². The maximum absolute atomic E-state index is 5.85. The highest BCUT2D eigenvalue weighted by atomic mass is 16.5. The summed E-state index contributed by atoms with van der Waals surface area (Å²) < 4.78 is 5.85. The average Bonchev–Trinajstić information content (AvgIpc) is 2.49. The molecular formula is C16H21N3O. The first kappa shape index (κ1) is 13.3. The van der Waals surface area contributed by atoms with E-state index in [2.05, 4.69) is 15.3 Å². The molecule has 1 N–H and O–H groups in total. The largest absolute Gasteiger partial charge is 0.476 e. The Kier molecular flexibility index (Phi) is 4.11. The molecule has 1 aliphatic heterocycles. The van der Waals surface area contributed by atoms with Gasteiger partial charge in [0.15, 0.2) is 0 Å². The molecular weight excluding hydrogens is 250 g/mol. The first-order valence-electron chi connectivity index (χ1n) is 7.40. The molecule has 0 spiro atoms. The van der Waals surface area contributed by atoms with Crippen molar-refractivity contribution < 1.29 is 4.74 Å². The van der Waals surface area contributed by atoms with Crippen molar-refractivity contribution in [3.05, 3.63) is 30.0 Å². The molecule has 0 amide bonds. The molecule has 106 valence electrons. The third-order valence-electron chi connectivity index (χ3n) is 3.87. The third-order valence-corrected chi connectivity index (χ3v) is 3.87. The summed E-state index contributed by atoms with van der Waals surface area (Å²) in [5.41, 5.74) is 2.69. The van der Waals surface area contributed by atoms with Gasteiger partial charge in [0.25, 0.3) is 0 Å². The van der Waals surface area contributed by atoms with Crippen LogP contribution < -0.4 is 10.1 Å². The van der Waals surface area contributed by atoms with Crippen LogP contribution in [0.15, 0.2) is 24.3 Å². The minimum absolute atomic E-state index is 0.674. The summed E-state index contributed by atoms with van der Waals surface area (Å²) in [5, 5.41) is 3.44. The molecule has 0 bridgehead atoms. The van der Waals surface area contributed by atoms with Gasteiger partial charge in [-0.05, 0) is 57.3 Å². The Balaban J connectivity index is 1.63. The number of fused-ring (bicyclic) bond motifs is 1. The quantitative estimate of drug-likeness (QED) is 0.928. The molecule has 1 aromatic carbocycles. The number of ether oxygens (including phenoxy) is 1. The highest BCUT2D eigenvalue weighted by molar-refractivity contribution is 5.74. The van der Waals surface area contributed by atoms with Crippen molar-refractivity contribution >= 4 is 11.0 Å². The monoisotopic (exact) mass is 271 g/mol. The van der Waals surface area contributed by atoms with Crippen LogP contribution in [0.2, 0.25) is 0 Å². The molecule has 2 aromatic rings. The van der Waals surface area contributed by atoms with Gasteiger partial charge in [-0.15, -0.1) is 0 Å². The van der Waals surface area contributed by atoms with Crippen molar-refractivity contribution in [1.29, 1.82) is 0 Å². The summed E-state index contributed by atoms with van der Waals surface area (Å²) in [5.74, 6) is 1.41. The third kappa shape index (κ3) is 3.07. The van der Waals surface area contributed by atoms with Crippen LogP contribution >= 0.6 is 0 Å². The van der Waals surface area contributed by atoms with E-state index >= 15 is 0 Å². The second-order valence-electron chi connectivity index (χ2n) is 5.45. The lowest BCUT2D eigenvalue weighted by molar-refractivity contribution is 0.246. The van der Waals surface area contributed by atoms with Crippen LogP contribution in [0.4, 0.5) is 0 Å². The lowest BCUT2D eigenvalue weighted by Gasteiger charge is -2.22. The minimum Gasteiger partial charge on any atom is -0.476 e. The zero-order chi connectivity index (χ0) is 13.8. The molecule has 1 fully saturated rings. The van der Waals surface area contributed by atoms with Gasteiger partial charge >= 0.3 is 0 Å². The predicted octanol–water partition coefficient (Wildman–Crippen LogP) is 2.71. The molecule has 4 nitrogen and oxygen atoms in total. The smallest absolute Gasteiger partial charge is 0.235 e. The summed E-state index contributed by atoms with van der Waals surface area (Å²) in [6.45, 7) is 4.95. The Morgan fingerprint density at radius 3 is 2.80 bits per heavy atom. The van der Waals surface area contributed by atoms with E-state index in [1.165, 1.54) is 12.8 Å². The number of benzene rings is 1. The Bertz CT molecular complexity index is 579. The van der Waals surface area contributed by atoms with Gasteiger partial charge in [-0.3, -0.25) is 0 Å². The van der Waals surface area contributed by atoms with Crippen molar-refractivity contribution in [2.75, 3.05) is 19.7 Å². The molecule has 2 heterocycles. The van der Waals surface area contributed by atoms with E-state index in [0.29, 0.717) is 5.88 Å². The Hall–Kier alpha value is -1.68. The molecule has 0 saturated carbocycles. The highest BCUT2D eigenvalue weighted by Gasteiger charge is 2.13. The summed E-state index contributed by atoms with van der Waals surface area (Å²) in [4.78, 5) is 9.10. The zero-order valence-corrected chi connectivity index (χ0v) is 11.9. The molecule has 0 aliphatic carbocycles. The molecule has 1 atom stereocenters. The number of rotatable bonds is 4. The Morgan fingerprint density at radius 1 is 1.25 bits per heavy atom. The van der Waals surface area contributed by atoms with Crippen LogP contribution in [0.5, 0.6) is 5.88 Å². The maximum atomic E-state index is 5.85. The summed E-state index contributed by atoms with van der Waals surface area (Å²) in [6.07, 6.45) is 3.67. The van der Waals surface area contributed by atoms with Crippen molar-refractivity contribution in [2.24, 2.45) is 5.92 Å². The lowest BCUT2D eigenvalue weighted by Crippen LogP contribution is -2.30. The Labute approximate surface area is 119 Å². The standard InChI is InChI=1S/C16H21N3O/c1-12-16(19-15-7-3-2-6-14(15)18-12)20-10-8-13-5-4-9-17-11-13/h2-3,6-7,13,17H,4-5,8-11H2,1H3. The van der Waals surface area contributed by atoms with Gasteiger partial charge in [0.05, 0.1) is 17.6 Å². The highest BCUT2D eigenvalue weighted by Crippen LogP contribution is 2.19. The normalized spacial score (nSPS) is 19.1. The summed E-state index contributed by atoms with van der Waals surface area (Å²) >= 11 is 0. The number of hydrogen-bond acceptors (Lipinski definition) is 4. The van der Waals surface area contributed by atoms with Crippen LogP contribution in [-0.4, -0.2) is 29.7 Å². The number of nitrogens with one attached hydrogen (secondary N) is 1. The summed E-state index contributed by atoms with van der Waals surface area (Å²) in [6, 6.07) is 7.91. The van der Waals surface area contributed by atoms with Gasteiger partial charge in [0.1, 0.15) is 5.69 Å².